The Morgan fingerprint density at radius 1 is 1.09 bits per heavy atom. The first-order valence-electron chi connectivity index (χ1n) is 11.3. The van der Waals surface area contributed by atoms with E-state index in [0.717, 1.165) is 16.8 Å². The molecule has 176 valence electrons. The molecule has 0 aliphatic carbocycles. The van der Waals surface area contributed by atoms with Gasteiger partial charge >= 0.3 is 0 Å². The molecule has 34 heavy (non-hydrogen) atoms. The third-order valence-corrected chi connectivity index (χ3v) is 6.41. The van der Waals surface area contributed by atoms with Crippen molar-refractivity contribution in [2.75, 3.05) is 6.61 Å². The van der Waals surface area contributed by atoms with E-state index in [4.69, 9.17) is 4.74 Å². The van der Waals surface area contributed by atoms with Gasteiger partial charge in [-0.1, -0.05) is 36.4 Å². The van der Waals surface area contributed by atoms with Crippen LogP contribution in [-0.4, -0.2) is 50.2 Å². The highest BCUT2D eigenvalue weighted by molar-refractivity contribution is 6.05. The smallest absolute Gasteiger partial charge is 0.255 e. The molecule has 2 atom stereocenters. The number of carbonyl (C=O) groups is 3. The van der Waals surface area contributed by atoms with Crippen LogP contribution in [0.15, 0.2) is 54.7 Å². The summed E-state index contributed by atoms with van der Waals surface area (Å²) in [5.41, 5.74) is 3.26. The van der Waals surface area contributed by atoms with Crippen LogP contribution < -0.4 is 10.1 Å². The summed E-state index contributed by atoms with van der Waals surface area (Å²) in [6.07, 6.45) is 3.16. The van der Waals surface area contributed by atoms with E-state index >= 15 is 0 Å². The molecule has 1 unspecified atom stereocenters. The van der Waals surface area contributed by atoms with Crippen molar-refractivity contribution >= 4 is 17.7 Å². The van der Waals surface area contributed by atoms with Gasteiger partial charge < -0.3 is 14.7 Å². The van der Waals surface area contributed by atoms with E-state index in [1.54, 1.807) is 12.1 Å². The number of carbonyl (C=O) groups excluding carboxylic acids is 3. The number of aromatic amines is 1. The number of aliphatic hydroxyl groups is 1. The third-order valence-electron chi connectivity index (χ3n) is 6.41. The largest absolute Gasteiger partial charge is 0.487 e. The average Bonchev–Trinajstić information content (AvgIpc) is 3.15. The lowest BCUT2D eigenvalue weighted by Gasteiger charge is -2.29. The molecule has 0 bridgehead atoms. The highest BCUT2D eigenvalue weighted by atomic mass is 16.5. The maximum atomic E-state index is 12.9. The van der Waals surface area contributed by atoms with Gasteiger partial charge in [-0.3, -0.25) is 29.5 Å². The van der Waals surface area contributed by atoms with Gasteiger partial charge in [-0.15, -0.1) is 0 Å². The zero-order chi connectivity index (χ0) is 23.7. The molecule has 2 aliphatic heterocycles. The van der Waals surface area contributed by atoms with Gasteiger partial charge in [0.25, 0.3) is 5.91 Å². The van der Waals surface area contributed by atoms with E-state index in [1.807, 2.05) is 47.3 Å². The lowest BCUT2D eigenvalue weighted by atomic mass is 10.0. The van der Waals surface area contributed by atoms with Crippen molar-refractivity contribution in [1.29, 1.82) is 0 Å². The second-order valence-corrected chi connectivity index (χ2v) is 8.67. The Balaban J connectivity index is 1.23. The first-order valence-corrected chi connectivity index (χ1v) is 11.3. The van der Waals surface area contributed by atoms with Crippen molar-refractivity contribution in [3.8, 4) is 5.75 Å². The van der Waals surface area contributed by atoms with E-state index < -0.39 is 11.9 Å². The molecule has 0 saturated carbocycles. The molecule has 3 N–H and O–H groups in total. The predicted octanol–water partition coefficient (Wildman–Crippen LogP) is 1.93. The number of hydrogen-bond donors (Lipinski definition) is 3. The van der Waals surface area contributed by atoms with Crippen molar-refractivity contribution < 1.29 is 24.2 Å². The number of H-pyrrole nitrogens is 1. The van der Waals surface area contributed by atoms with Gasteiger partial charge in [-0.05, 0) is 30.5 Å². The zero-order valence-corrected chi connectivity index (χ0v) is 18.6. The molecule has 9 nitrogen and oxygen atoms in total. The molecule has 3 amide bonds. The molecule has 9 heteroatoms. The predicted molar refractivity (Wildman–Crippen MR) is 122 cm³/mol. The van der Waals surface area contributed by atoms with Gasteiger partial charge in [0.05, 0.1) is 24.9 Å². The van der Waals surface area contributed by atoms with Crippen molar-refractivity contribution in [3.63, 3.8) is 0 Å². The Morgan fingerprint density at radius 2 is 1.88 bits per heavy atom. The van der Waals surface area contributed by atoms with Crippen LogP contribution >= 0.6 is 0 Å². The molecule has 3 heterocycles. The Labute approximate surface area is 196 Å². The van der Waals surface area contributed by atoms with Crippen molar-refractivity contribution in [1.82, 2.24) is 20.0 Å². The van der Waals surface area contributed by atoms with E-state index in [-0.39, 0.29) is 44.0 Å². The monoisotopic (exact) mass is 462 g/mol. The Morgan fingerprint density at radius 3 is 2.62 bits per heavy atom. The van der Waals surface area contributed by atoms with Crippen LogP contribution in [0.5, 0.6) is 5.75 Å². The molecule has 5 rings (SSSR count). The molecular weight excluding hydrogens is 436 g/mol. The fourth-order valence-corrected chi connectivity index (χ4v) is 4.58. The standard InChI is InChI=1S/C25H26N4O5/c30-14-18(11-16-5-2-1-3-6-16)29-12-17(27-29)15-34-22-8-4-7-19-20(22)13-28(25(19)33)21-9-10-23(31)26-24(21)32/h1-8,12,18,21,27,30H,9-11,13-15H2,(H,26,31,32)/t18-,21?/m1/s1. The number of aromatic nitrogens is 2. The zero-order valence-electron chi connectivity index (χ0n) is 18.6. The topological polar surface area (TPSA) is 117 Å². The van der Waals surface area contributed by atoms with Crippen LogP contribution in [-0.2, 0) is 29.2 Å². The van der Waals surface area contributed by atoms with Gasteiger partial charge in [0.15, 0.2) is 0 Å². The molecule has 1 aromatic heterocycles. The van der Waals surface area contributed by atoms with Crippen LogP contribution in [0, 0.1) is 0 Å². The van der Waals surface area contributed by atoms with Crippen LogP contribution in [0.25, 0.3) is 0 Å². The minimum atomic E-state index is -0.657. The third kappa shape index (κ3) is 4.22. The summed E-state index contributed by atoms with van der Waals surface area (Å²) in [4.78, 5) is 38.2. The van der Waals surface area contributed by atoms with Crippen LogP contribution in [0.1, 0.15) is 46.1 Å². The maximum absolute atomic E-state index is 12.9. The molecule has 1 saturated heterocycles. The normalized spacial score (nSPS) is 18.7. The Bertz CT molecular complexity index is 1200. The Hall–Kier alpha value is -3.85. The van der Waals surface area contributed by atoms with Crippen molar-refractivity contribution in [2.24, 2.45) is 0 Å². The number of amides is 3. The average molecular weight is 463 g/mol. The SMILES string of the molecule is O=C1CCC(N2Cc3c(OCc4cn([C@@H](CO)Cc5ccccc5)[nH]4)cccc3C2=O)C(=O)N1. The summed E-state index contributed by atoms with van der Waals surface area (Å²) in [5.74, 6) is -0.381. The number of nitrogens with zero attached hydrogens (tertiary/aromatic N) is 2. The number of ether oxygens (including phenoxy) is 1. The van der Waals surface area contributed by atoms with Gasteiger partial charge in [0.2, 0.25) is 11.8 Å². The number of benzene rings is 2. The summed E-state index contributed by atoms with van der Waals surface area (Å²) < 4.78 is 7.88. The quantitative estimate of drug-likeness (QED) is 0.443. The van der Waals surface area contributed by atoms with Gasteiger partial charge in [0.1, 0.15) is 18.4 Å². The van der Waals surface area contributed by atoms with Crippen LogP contribution in [0.4, 0.5) is 0 Å². The number of aliphatic hydroxyl groups excluding tert-OH is 1. The summed E-state index contributed by atoms with van der Waals surface area (Å²) in [7, 11) is 0. The molecule has 0 spiro atoms. The van der Waals surface area contributed by atoms with Crippen molar-refractivity contribution in [2.45, 2.75) is 44.5 Å². The van der Waals surface area contributed by atoms with Gasteiger partial charge in [-0.25, -0.2) is 0 Å². The molecule has 3 aromatic rings. The van der Waals surface area contributed by atoms with E-state index in [1.165, 1.54) is 4.90 Å². The summed E-state index contributed by atoms with van der Waals surface area (Å²) in [5, 5.41) is 15.3. The van der Waals surface area contributed by atoms with E-state index in [0.29, 0.717) is 24.2 Å². The Kier molecular flexibility index (Phi) is 5.93. The van der Waals surface area contributed by atoms with E-state index in [9.17, 15) is 19.5 Å². The number of hydrogen-bond acceptors (Lipinski definition) is 5. The first kappa shape index (κ1) is 22.0. The van der Waals surface area contributed by atoms with Crippen LogP contribution in [0.3, 0.4) is 0 Å². The minimum absolute atomic E-state index is 0.0109. The van der Waals surface area contributed by atoms with Crippen LogP contribution in [0.2, 0.25) is 0 Å². The van der Waals surface area contributed by atoms with Gasteiger partial charge in [-0.2, -0.15) is 0 Å². The van der Waals surface area contributed by atoms with E-state index in [2.05, 4.69) is 10.4 Å². The number of nitrogens with one attached hydrogen (secondary N) is 2. The van der Waals surface area contributed by atoms with Gasteiger partial charge in [0, 0.05) is 23.7 Å². The van der Waals surface area contributed by atoms with Crippen molar-refractivity contribution in [3.05, 3.63) is 77.1 Å². The maximum Gasteiger partial charge on any atom is 0.255 e. The second-order valence-electron chi connectivity index (χ2n) is 8.67. The number of fused-ring (bicyclic) bond motifs is 1. The summed E-state index contributed by atoms with van der Waals surface area (Å²) >= 11 is 0. The molecular formula is C25H26N4O5. The lowest BCUT2D eigenvalue weighted by Crippen LogP contribution is -2.52. The highest BCUT2D eigenvalue weighted by Gasteiger charge is 2.40. The molecule has 2 aromatic carbocycles. The number of imide groups is 1. The summed E-state index contributed by atoms with van der Waals surface area (Å²) in [6.45, 7) is 0.555. The highest BCUT2D eigenvalue weighted by Crippen LogP contribution is 2.34. The molecule has 0 radical (unpaired) electrons. The second kappa shape index (κ2) is 9.18. The minimum Gasteiger partial charge on any atom is -0.487 e. The number of piperidine rings is 1. The fourth-order valence-electron chi connectivity index (χ4n) is 4.58. The summed E-state index contributed by atoms with van der Waals surface area (Å²) in [6, 6.07) is 14.5. The molecule has 2 aliphatic rings. The lowest BCUT2D eigenvalue weighted by molar-refractivity contribution is -0.136. The number of rotatable bonds is 8. The first-order chi connectivity index (χ1) is 16.5. The molecule has 1 fully saturated rings. The fraction of sp³-hybridized carbons (Fsp3) is 0.320.